The van der Waals surface area contributed by atoms with E-state index < -0.39 is 34.4 Å². The van der Waals surface area contributed by atoms with Crippen LogP contribution in [0.3, 0.4) is 0 Å². The van der Waals surface area contributed by atoms with Gasteiger partial charge in [-0.3, -0.25) is 9.10 Å². The van der Waals surface area contributed by atoms with Crippen LogP contribution >= 0.6 is 0 Å². The maximum atomic E-state index is 13.5. The van der Waals surface area contributed by atoms with Crippen molar-refractivity contribution in [2.24, 2.45) is 0 Å². The Hall–Kier alpha value is -3.34. The highest BCUT2D eigenvalue weighted by molar-refractivity contribution is 7.92. The molecule has 0 N–H and O–H groups in total. The molecular formula is C23H28FN3O6S. The number of nitrogens with zero attached hydrogens (tertiary/aromatic N) is 3. The van der Waals surface area contributed by atoms with E-state index in [2.05, 4.69) is 0 Å². The van der Waals surface area contributed by atoms with Gasteiger partial charge in [-0.25, -0.2) is 17.6 Å². The SMILES string of the molecule is CCOC(=O)N1CCN(C(=O)CN(c2ccc(F)cc2)S(=O)(=O)c2ccc(OCC)cc2)CC1. The number of ether oxygens (including phenoxy) is 2. The summed E-state index contributed by atoms with van der Waals surface area (Å²) in [5, 5.41) is 0. The van der Waals surface area contributed by atoms with Crippen LogP contribution in [0.25, 0.3) is 0 Å². The van der Waals surface area contributed by atoms with Crippen LogP contribution in [0, 0.1) is 5.82 Å². The van der Waals surface area contributed by atoms with Gasteiger partial charge in [0.2, 0.25) is 5.91 Å². The molecule has 0 saturated carbocycles. The van der Waals surface area contributed by atoms with Crippen LogP contribution in [0.2, 0.25) is 0 Å². The number of hydrogen-bond donors (Lipinski definition) is 0. The van der Waals surface area contributed by atoms with Crippen LogP contribution in [-0.4, -0.2) is 76.2 Å². The number of rotatable bonds is 8. The molecule has 2 aromatic carbocycles. The fourth-order valence-electron chi connectivity index (χ4n) is 3.50. The van der Waals surface area contributed by atoms with E-state index in [0.29, 0.717) is 12.4 Å². The Labute approximate surface area is 198 Å². The van der Waals surface area contributed by atoms with Gasteiger partial charge in [0.1, 0.15) is 18.1 Å². The molecular weight excluding hydrogens is 465 g/mol. The van der Waals surface area contributed by atoms with Crippen molar-refractivity contribution in [3.63, 3.8) is 0 Å². The third-order valence-corrected chi connectivity index (χ3v) is 7.06. The number of halogens is 1. The first-order chi connectivity index (χ1) is 16.3. The Kier molecular flexibility index (Phi) is 8.32. The van der Waals surface area contributed by atoms with Crippen LogP contribution in [0.1, 0.15) is 13.8 Å². The lowest BCUT2D eigenvalue weighted by atomic mass is 10.3. The Morgan fingerprint density at radius 3 is 2.06 bits per heavy atom. The van der Waals surface area contributed by atoms with Gasteiger partial charge in [0.15, 0.2) is 0 Å². The first kappa shape index (κ1) is 25.3. The fraction of sp³-hybridized carbons (Fsp3) is 0.391. The van der Waals surface area contributed by atoms with Crippen molar-refractivity contribution in [2.75, 3.05) is 50.2 Å². The van der Waals surface area contributed by atoms with Crippen molar-refractivity contribution >= 4 is 27.7 Å². The van der Waals surface area contributed by atoms with Gasteiger partial charge in [-0.2, -0.15) is 0 Å². The zero-order chi connectivity index (χ0) is 24.7. The second-order valence-corrected chi connectivity index (χ2v) is 9.32. The Bertz CT molecular complexity index is 1080. The lowest BCUT2D eigenvalue weighted by Gasteiger charge is -2.35. The minimum absolute atomic E-state index is 0.0276. The van der Waals surface area contributed by atoms with E-state index in [1.54, 1.807) is 6.92 Å². The average Bonchev–Trinajstić information content (AvgIpc) is 2.84. The summed E-state index contributed by atoms with van der Waals surface area (Å²) in [4.78, 5) is 27.9. The van der Waals surface area contributed by atoms with Crippen LogP contribution in [0.15, 0.2) is 53.4 Å². The van der Waals surface area contributed by atoms with Crippen LogP contribution in [0.5, 0.6) is 5.75 Å². The summed E-state index contributed by atoms with van der Waals surface area (Å²) in [6.07, 6.45) is -0.444. The van der Waals surface area contributed by atoms with Gasteiger partial charge < -0.3 is 19.3 Å². The van der Waals surface area contributed by atoms with Crippen molar-refractivity contribution in [3.8, 4) is 5.75 Å². The number of hydrogen-bond acceptors (Lipinski definition) is 6. The zero-order valence-electron chi connectivity index (χ0n) is 19.1. The molecule has 9 nitrogen and oxygen atoms in total. The molecule has 0 aliphatic carbocycles. The molecule has 0 unspecified atom stereocenters. The van der Waals surface area contributed by atoms with E-state index in [0.717, 1.165) is 16.4 Å². The van der Waals surface area contributed by atoms with Crippen molar-refractivity contribution in [1.29, 1.82) is 0 Å². The summed E-state index contributed by atoms with van der Waals surface area (Å²) in [5.74, 6) is -0.434. The minimum atomic E-state index is -4.14. The van der Waals surface area contributed by atoms with Gasteiger partial charge in [0.05, 0.1) is 23.8 Å². The molecule has 1 aliphatic rings. The molecule has 184 valence electrons. The number of piperazine rings is 1. The Morgan fingerprint density at radius 2 is 1.50 bits per heavy atom. The van der Waals surface area contributed by atoms with Gasteiger partial charge in [0, 0.05) is 26.2 Å². The average molecular weight is 494 g/mol. The molecule has 11 heteroatoms. The predicted molar refractivity (Wildman–Crippen MR) is 124 cm³/mol. The van der Waals surface area contributed by atoms with Crippen molar-refractivity contribution in [1.82, 2.24) is 9.80 Å². The second-order valence-electron chi connectivity index (χ2n) is 7.46. The zero-order valence-corrected chi connectivity index (χ0v) is 20.0. The molecule has 1 aliphatic heterocycles. The molecule has 1 fully saturated rings. The molecule has 2 aromatic rings. The van der Waals surface area contributed by atoms with Crippen LogP contribution < -0.4 is 9.04 Å². The number of benzene rings is 2. The summed E-state index contributed by atoms with van der Waals surface area (Å²) < 4.78 is 51.7. The molecule has 34 heavy (non-hydrogen) atoms. The van der Waals surface area contributed by atoms with Crippen molar-refractivity contribution < 1.29 is 31.9 Å². The van der Waals surface area contributed by atoms with E-state index >= 15 is 0 Å². The van der Waals surface area contributed by atoms with E-state index in [4.69, 9.17) is 9.47 Å². The smallest absolute Gasteiger partial charge is 0.409 e. The molecule has 0 aromatic heterocycles. The summed E-state index contributed by atoms with van der Waals surface area (Å²) in [7, 11) is -4.14. The summed E-state index contributed by atoms with van der Waals surface area (Å²) in [6, 6.07) is 10.8. The maximum Gasteiger partial charge on any atom is 0.409 e. The van der Waals surface area contributed by atoms with Gasteiger partial charge in [-0.1, -0.05) is 0 Å². The Morgan fingerprint density at radius 1 is 0.912 bits per heavy atom. The number of anilines is 1. The lowest BCUT2D eigenvalue weighted by molar-refractivity contribution is -0.131. The van der Waals surface area contributed by atoms with Crippen LogP contribution in [-0.2, 0) is 19.6 Å². The Balaban J connectivity index is 1.81. The van der Waals surface area contributed by atoms with Gasteiger partial charge in [-0.05, 0) is 62.4 Å². The number of amides is 2. The summed E-state index contributed by atoms with van der Waals surface area (Å²) in [6.45, 7) is 4.82. The lowest BCUT2D eigenvalue weighted by Crippen LogP contribution is -2.53. The number of carbonyl (C=O) groups excluding carboxylic acids is 2. The first-order valence-corrected chi connectivity index (χ1v) is 12.4. The number of carbonyl (C=O) groups is 2. The summed E-state index contributed by atoms with van der Waals surface area (Å²) in [5.41, 5.74) is 0.161. The molecule has 0 radical (unpaired) electrons. The highest BCUT2D eigenvalue weighted by Gasteiger charge is 2.31. The van der Waals surface area contributed by atoms with Crippen LogP contribution in [0.4, 0.5) is 14.9 Å². The van der Waals surface area contributed by atoms with E-state index in [1.165, 1.54) is 46.2 Å². The molecule has 3 rings (SSSR count). The predicted octanol–water partition coefficient (Wildman–Crippen LogP) is 2.72. The molecule has 0 atom stereocenters. The highest BCUT2D eigenvalue weighted by Crippen LogP contribution is 2.26. The molecule has 2 amide bonds. The standard InChI is InChI=1S/C23H28FN3O6S/c1-3-32-20-9-11-21(12-10-20)34(30,31)27(19-7-5-18(24)6-8-19)17-22(28)25-13-15-26(16-14-25)23(29)33-4-2/h5-12H,3-4,13-17H2,1-2H3. The van der Waals surface area contributed by atoms with E-state index in [9.17, 15) is 22.4 Å². The van der Waals surface area contributed by atoms with Gasteiger partial charge in [0.25, 0.3) is 10.0 Å². The quantitative estimate of drug-likeness (QED) is 0.561. The third-order valence-electron chi connectivity index (χ3n) is 5.27. The maximum absolute atomic E-state index is 13.5. The topological polar surface area (TPSA) is 96.5 Å². The second kappa shape index (κ2) is 11.2. The van der Waals surface area contributed by atoms with Gasteiger partial charge >= 0.3 is 6.09 Å². The summed E-state index contributed by atoms with van der Waals surface area (Å²) >= 11 is 0. The van der Waals surface area contributed by atoms with E-state index in [-0.39, 0.29) is 43.4 Å². The molecule has 1 heterocycles. The molecule has 0 bridgehead atoms. The first-order valence-electron chi connectivity index (χ1n) is 11.0. The largest absolute Gasteiger partial charge is 0.494 e. The van der Waals surface area contributed by atoms with Gasteiger partial charge in [-0.15, -0.1) is 0 Å². The highest BCUT2D eigenvalue weighted by atomic mass is 32.2. The number of sulfonamides is 1. The monoisotopic (exact) mass is 493 g/mol. The van der Waals surface area contributed by atoms with E-state index in [1.807, 2.05) is 6.92 Å². The third kappa shape index (κ3) is 5.96. The molecule has 1 saturated heterocycles. The van der Waals surface area contributed by atoms with Crippen molar-refractivity contribution in [3.05, 3.63) is 54.3 Å². The fourth-order valence-corrected chi connectivity index (χ4v) is 4.91. The van der Waals surface area contributed by atoms with Crippen molar-refractivity contribution in [2.45, 2.75) is 18.7 Å². The minimum Gasteiger partial charge on any atom is -0.494 e. The molecule has 0 spiro atoms. The normalized spacial score (nSPS) is 14.0.